The third-order valence-corrected chi connectivity index (χ3v) is 3.41. The van der Waals surface area contributed by atoms with Crippen molar-refractivity contribution in [3.63, 3.8) is 0 Å². The third kappa shape index (κ3) is 1.76. The fourth-order valence-electron chi connectivity index (χ4n) is 1.80. The van der Waals surface area contributed by atoms with Crippen molar-refractivity contribution in [1.82, 2.24) is 5.32 Å². The first-order valence-electron chi connectivity index (χ1n) is 4.39. The van der Waals surface area contributed by atoms with Crippen molar-refractivity contribution in [3.05, 3.63) is 32.8 Å². The Kier molecular flexibility index (Phi) is 2.63. The first kappa shape index (κ1) is 9.50. The Morgan fingerprint density at radius 2 is 2.31 bits per heavy atom. The molecule has 1 aliphatic rings. The van der Waals surface area contributed by atoms with E-state index in [0.717, 1.165) is 22.5 Å². The average Bonchev–Trinajstić information content (AvgIpc) is 2.07. The van der Waals surface area contributed by atoms with Crippen LogP contribution in [0, 0.1) is 0 Å². The van der Waals surface area contributed by atoms with E-state index in [9.17, 15) is 0 Å². The first-order valence-corrected chi connectivity index (χ1v) is 5.57. The molecule has 70 valence electrons. The molecule has 0 radical (unpaired) electrons. The van der Waals surface area contributed by atoms with Gasteiger partial charge in [-0.15, -0.1) is 0 Å². The molecule has 2 rings (SSSR count). The summed E-state index contributed by atoms with van der Waals surface area (Å²) < 4.78 is 1.14. The van der Waals surface area contributed by atoms with E-state index in [2.05, 4.69) is 34.2 Å². The monoisotopic (exact) mass is 259 g/mol. The maximum atomic E-state index is 5.99. The van der Waals surface area contributed by atoms with Gasteiger partial charge in [-0.25, -0.2) is 0 Å². The standard InChI is InChI=1S/C10H11BrClN/c1-6-9-4-7(12)5-10(11)8(9)2-3-13-6/h4-6,13H,2-3H2,1H3. The molecule has 0 aromatic heterocycles. The lowest BCUT2D eigenvalue weighted by atomic mass is 9.95. The Labute approximate surface area is 91.6 Å². The molecule has 1 nitrogen and oxygen atoms in total. The molecule has 0 aliphatic carbocycles. The molecule has 0 amide bonds. The Hall–Kier alpha value is -0.0500. The lowest BCUT2D eigenvalue weighted by Gasteiger charge is -2.25. The highest BCUT2D eigenvalue weighted by atomic mass is 79.9. The molecule has 1 atom stereocenters. The number of hydrogen-bond acceptors (Lipinski definition) is 1. The minimum Gasteiger partial charge on any atom is -0.310 e. The Bertz CT molecular complexity index is 338. The van der Waals surface area contributed by atoms with Crippen LogP contribution >= 0.6 is 27.5 Å². The number of rotatable bonds is 0. The molecule has 1 aromatic carbocycles. The molecule has 1 aromatic rings. The maximum Gasteiger partial charge on any atom is 0.0420 e. The van der Waals surface area contributed by atoms with Crippen LogP contribution in [0.15, 0.2) is 16.6 Å². The zero-order valence-electron chi connectivity index (χ0n) is 7.40. The van der Waals surface area contributed by atoms with Crippen LogP contribution < -0.4 is 5.32 Å². The van der Waals surface area contributed by atoms with Crippen LogP contribution in [0.4, 0.5) is 0 Å². The summed E-state index contributed by atoms with van der Waals surface area (Å²) in [6, 6.07) is 4.44. The van der Waals surface area contributed by atoms with Gasteiger partial charge in [0.2, 0.25) is 0 Å². The second-order valence-corrected chi connectivity index (χ2v) is 4.67. The van der Waals surface area contributed by atoms with Crippen molar-refractivity contribution < 1.29 is 0 Å². The summed E-state index contributed by atoms with van der Waals surface area (Å²) in [5.41, 5.74) is 2.72. The minimum atomic E-state index is 0.416. The largest absolute Gasteiger partial charge is 0.310 e. The predicted molar refractivity (Wildman–Crippen MR) is 59.3 cm³/mol. The van der Waals surface area contributed by atoms with E-state index >= 15 is 0 Å². The van der Waals surface area contributed by atoms with Gasteiger partial charge in [-0.1, -0.05) is 27.5 Å². The topological polar surface area (TPSA) is 12.0 Å². The second kappa shape index (κ2) is 3.60. The summed E-state index contributed by atoms with van der Waals surface area (Å²) in [7, 11) is 0. The molecule has 0 spiro atoms. The quantitative estimate of drug-likeness (QED) is 0.755. The molecule has 13 heavy (non-hydrogen) atoms. The van der Waals surface area contributed by atoms with Crippen molar-refractivity contribution >= 4 is 27.5 Å². The minimum absolute atomic E-state index is 0.416. The lowest BCUT2D eigenvalue weighted by molar-refractivity contribution is 0.540. The van der Waals surface area contributed by atoms with Gasteiger partial charge in [0.15, 0.2) is 0 Å². The fourth-order valence-corrected chi connectivity index (χ4v) is 2.83. The Morgan fingerprint density at radius 3 is 3.08 bits per heavy atom. The fraction of sp³-hybridized carbons (Fsp3) is 0.400. The zero-order chi connectivity index (χ0) is 9.42. The first-order chi connectivity index (χ1) is 6.18. The summed E-state index contributed by atoms with van der Waals surface area (Å²) in [5.74, 6) is 0. The van der Waals surface area contributed by atoms with Gasteiger partial charge in [-0.2, -0.15) is 0 Å². The van der Waals surface area contributed by atoms with Gasteiger partial charge in [0.25, 0.3) is 0 Å². The molecule has 0 bridgehead atoms. The molecule has 0 saturated carbocycles. The Morgan fingerprint density at radius 1 is 1.54 bits per heavy atom. The van der Waals surface area contributed by atoms with Crippen molar-refractivity contribution in [2.75, 3.05) is 6.54 Å². The van der Waals surface area contributed by atoms with Gasteiger partial charge >= 0.3 is 0 Å². The van der Waals surface area contributed by atoms with E-state index in [1.807, 2.05) is 6.07 Å². The predicted octanol–water partition coefficient (Wildman–Crippen LogP) is 3.31. The highest BCUT2D eigenvalue weighted by Gasteiger charge is 2.18. The van der Waals surface area contributed by atoms with Crippen LogP contribution in [0.1, 0.15) is 24.1 Å². The van der Waals surface area contributed by atoms with Gasteiger partial charge in [-0.3, -0.25) is 0 Å². The van der Waals surface area contributed by atoms with Gasteiger partial charge in [0, 0.05) is 15.5 Å². The molecular formula is C10H11BrClN. The normalized spacial score (nSPS) is 21.3. The summed E-state index contributed by atoms with van der Waals surface area (Å²) in [6.07, 6.45) is 1.08. The number of hydrogen-bond donors (Lipinski definition) is 1. The number of halogens is 2. The zero-order valence-corrected chi connectivity index (χ0v) is 9.74. The third-order valence-electron chi connectivity index (χ3n) is 2.49. The van der Waals surface area contributed by atoms with E-state index in [1.165, 1.54) is 11.1 Å². The molecular weight excluding hydrogens is 249 g/mol. The average molecular weight is 261 g/mol. The van der Waals surface area contributed by atoms with Crippen LogP contribution in [0.5, 0.6) is 0 Å². The summed E-state index contributed by atoms with van der Waals surface area (Å²) >= 11 is 9.54. The van der Waals surface area contributed by atoms with E-state index in [1.54, 1.807) is 0 Å². The van der Waals surface area contributed by atoms with Crippen LogP contribution in [-0.2, 0) is 6.42 Å². The lowest BCUT2D eigenvalue weighted by Crippen LogP contribution is -2.27. The van der Waals surface area contributed by atoms with E-state index in [4.69, 9.17) is 11.6 Å². The molecule has 0 saturated heterocycles. The number of benzene rings is 1. The van der Waals surface area contributed by atoms with Crippen LogP contribution in [0.2, 0.25) is 5.02 Å². The molecule has 1 aliphatic heterocycles. The SMILES string of the molecule is CC1NCCc2c(Br)cc(Cl)cc21. The number of nitrogens with one attached hydrogen (secondary N) is 1. The van der Waals surface area contributed by atoms with Crippen LogP contribution in [0.3, 0.4) is 0 Å². The molecule has 1 heterocycles. The summed E-state index contributed by atoms with van der Waals surface area (Å²) in [4.78, 5) is 0. The van der Waals surface area contributed by atoms with Crippen molar-refractivity contribution in [1.29, 1.82) is 0 Å². The molecule has 1 unspecified atom stereocenters. The Balaban J connectivity index is 2.56. The van der Waals surface area contributed by atoms with E-state index in [-0.39, 0.29) is 0 Å². The second-order valence-electron chi connectivity index (χ2n) is 3.38. The highest BCUT2D eigenvalue weighted by Crippen LogP contribution is 2.31. The van der Waals surface area contributed by atoms with Gasteiger partial charge in [-0.05, 0) is 43.1 Å². The van der Waals surface area contributed by atoms with Gasteiger partial charge < -0.3 is 5.32 Å². The van der Waals surface area contributed by atoms with E-state index < -0.39 is 0 Å². The highest BCUT2D eigenvalue weighted by molar-refractivity contribution is 9.10. The van der Waals surface area contributed by atoms with Crippen molar-refractivity contribution in [2.24, 2.45) is 0 Å². The number of fused-ring (bicyclic) bond motifs is 1. The summed E-state index contributed by atoms with van der Waals surface area (Å²) in [6.45, 7) is 3.22. The van der Waals surface area contributed by atoms with Crippen molar-refractivity contribution in [2.45, 2.75) is 19.4 Å². The molecule has 3 heteroatoms. The van der Waals surface area contributed by atoms with Crippen LogP contribution in [0.25, 0.3) is 0 Å². The van der Waals surface area contributed by atoms with Crippen LogP contribution in [-0.4, -0.2) is 6.54 Å². The molecule has 1 N–H and O–H groups in total. The summed E-state index contributed by atoms with van der Waals surface area (Å²) in [5, 5.41) is 4.22. The maximum absolute atomic E-state index is 5.99. The van der Waals surface area contributed by atoms with Gasteiger partial charge in [0.05, 0.1) is 0 Å². The smallest absolute Gasteiger partial charge is 0.0420 e. The van der Waals surface area contributed by atoms with E-state index in [0.29, 0.717) is 6.04 Å². The molecule has 0 fully saturated rings. The van der Waals surface area contributed by atoms with Gasteiger partial charge in [0.1, 0.15) is 0 Å². The van der Waals surface area contributed by atoms with Crippen molar-refractivity contribution in [3.8, 4) is 0 Å².